The second-order valence-corrected chi connectivity index (χ2v) is 9.07. The minimum absolute atomic E-state index is 0.0614. The number of aryl methyl sites for hydroxylation is 1. The van der Waals surface area contributed by atoms with Gasteiger partial charge < -0.3 is 5.32 Å². The van der Waals surface area contributed by atoms with Gasteiger partial charge in [0.05, 0.1) is 5.02 Å². The summed E-state index contributed by atoms with van der Waals surface area (Å²) in [7, 11) is -3.85. The average molecular weight is 395 g/mol. The summed E-state index contributed by atoms with van der Waals surface area (Å²) in [5.41, 5.74) is 1.30. The van der Waals surface area contributed by atoms with Crippen LogP contribution in [0.15, 0.2) is 47.4 Å². The molecule has 0 atom stereocenters. The second-order valence-electron chi connectivity index (χ2n) is 7.01. The zero-order chi connectivity index (χ0) is 19.5. The van der Waals surface area contributed by atoms with Crippen LogP contribution in [0.1, 0.15) is 43.6 Å². The molecular weight excluding hydrogens is 372 g/mol. The molecule has 0 bridgehead atoms. The van der Waals surface area contributed by atoms with E-state index in [0.29, 0.717) is 5.69 Å². The first-order valence-corrected chi connectivity index (χ1v) is 10.1. The van der Waals surface area contributed by atoms with Gasteiger partial charge in [0.15, 0.2) is 0 Å². The van der Waals surface area contributed by atoms with Crippen LogP contribution < -0.4 is 10.0 Å². The molecule has 1 amide bonds. The molecule has 0 unspecified atom stereocenters. The molecule has 2 rings (SSSR count). The van der Waals surface area contributed by atoms with E-state index in [2.05, 4.69) is 10.0 Å². The predicted octanol–water partition coefficient (Wildman–Crippen LogP) is 4.23. The maximum atomic E-state index is 12.6. The molecule has 0 aliphatic heterocycles. The van der Waals surface area contributed by atoms with Gasteiger partial charge in [-0.3, -0.25) is 4.79 Å². The van der Waals surface area contributed by atoms with Crippen molar-refractivity contribution in [3.63, 3.8) is 0 Å². The Morgan fingerprint density at radius 1 is 1.12 bits per heavy atom. The summed E-state index contributed by atoms with van der Waals surface area (Å²) in [6, 6.07) is 11.7. The molecule has 7 heteroatoms. The van der Waals surface area contributed by atoms with E-state index in [0.717, 1.165) is 12.0 Å². The fourth-order valence-electron chi connectivity index (χ4n) is 2.38. The first kappa shape index (κ1) is 20.4. The Kier molecular flexibility index (Phi) is 6.11. The van der Waals surface area contributed by atoms with E-state index in [4.69, 9.17) is 11.6 Å². The fraction of sp³-hybridized carbons (Fsp3) is 0.316. The number of halogens is 1. The van der Waals surface area contributed by atoms with Crippen molar-refractivity contribution in [1.82, 2.24) is 4.72 Å². The average Bonchev–Trinajstić information content (AvgIpc) is 2.53. The number of sulfonamides is 1. The van der Waals surface area contributed by atoms with Gasteiger partial charge >= 0.3 is 0 Å². The monoisotopic (exact) mass is 394 g/mol. The van der Waals surface area contributed by atoms with Crippen LogP contribution in [-0.2, 0) is 16.4 Å². The molecule has 0 fully saturated rings. The zero-order valence-electron chi connectivity index (χ0n) is 15.3. The van der Waals surface area contributed by atoms with E-state index in [-0.39, 0.29) is 15.5 Å². The lowest BCUT2D eigenvalue weighted by Gasteiger charge is -2.21. The lowest BCUT2D eigenvalue weighted by molar-refractivity contribution is 0.102. The molecule has 0 aliphatic rings. The van der Waals surface area contributed by atoms with Crippen LogP contribution in [0.2, 0.25) is 5.02 Å². The molecule has 0 aliphatic carbocycles. The van der Waals surface area contributed by atoms with Crippen LogP contribution in [0.5, 0.6) is 0 Å². The summed E-state index contributed by atoms with van der Waals surface area (Å²) in [6.07, 6.45) is 0.853. The molecule has 2 N–H and O–H groups in total. The van der Waals surface area contributed by atoms with Gasteiger partial charge in [0, 0.05) is 16.8 Å². The molecule has 5 nitrogen and oxygen atoms in total. The van der Waals surface area contributed by atoms with Gasteiger partial charge in [-0.15, -0.1) is 0 Å². The Morgan fingerprint density at radius 3 is 2.42 bits per heavy atom. The van der Waals surface area contributed by atoms with Crippen molar-refractivity contribution in [3.05, 3.63) is 58.6 Å². The number of nitrogens with one attached hydrogen (secondary N) is 2. The van der Waals surface area contributed by atoms with Gasteiger partial charge in [-0.25, -0.2) is 13.1 Å². The summed E-state index contributed by atoms with van der Waals surface area (Å²) in [5.74, 6) is -0.401. The number of benzene rings is 2. The number of anilines is 1. The van der Waals surface area contributed by atoms with E-state index in [1.807, 2.05) is 25.1 Å². The number of amides is 1. The lowest BCUT2D eigenvalue weighted by atomic mass is 10.1. The number of carbonyl (C=O) groups excluding carboxylic acids is 1. The van der Waals surface area contributed by atoms with Crippen LogP contribution in [0, 0.1) is 0 Å². The highest BCUT2D eigenvalue weighted by atomic mass is 35.5. The summed E-state index contributed by atoms with van der Waals surface area (Å²) < 4.78 is 27.7. The first-order chi connectivity index (χ1) is 12.0. The van der Waals surface area contributed by atoms with Gasteiger partial charge in [-0.1, -0.05) is 30.7 Å². The van der Waals surface area contributed by atoms with E-state index < -0.39 is 21.5 Å². The minimum Gasteiger partial charge on any atom is -0.322 e. The van der Waals surface area contributed by atoms with Crippen LogP contribution in [0.3, 0.4) is 0 Å². The second kappa shape index (κ2) is 7.78. The number of rotatable bonds is 5. The Morgan fingerprint density at radius 2 is 1.81 bits per heavy atom. The molecule has 140 valence electrons. The van der Waals surface area contributed by atoms with Crippen LogP contribution in [0.25, 0.3) is 0 Å². The molecular formula is C19H23ClN2O3S. The third-order valence-electron chi connectivity index (χ3n) is 3.52. The van der Waals surface area contributed by atoms with Crippen molar-refractivity contribution < 1.29 is 13.2 Å². The third kappa shape index (κ3) is 5.30. The highest BCUT2D eigenvalue weighted by molar-refractivity contribution is 7.89. The molecule has 26 heavy (non-hydrogen) atoms. The standard InChI is InChI=1S/C19H23ClN2O3S/c1-5-13-7-6-8-15(11-13)21-18(23)14-9-10-16(20)17(12-14)26(24,25)22-19(2,3)4/h6-12,22H,5H2,1-4H3,(H,21,23). The normalized spacial score (nSPS) is 12.0. The highest BCUT2D eigenvalue weighted by Crippen LogP contribution is 2.24. The minimum atomic E-state index is -3.85. The molecule has 0 spiro atoms. The van der Waals surface area contributed by atoms with Gasteiger partial charge in [-0.2, -0.15) is 0 Å². The first-order valence-electron chi connectivity index (χ1n) is 8.25. The maximum absolute atomic E-state index is 12.6. The SMILES string of the molecule is CCc1cccc(NC(=O)c2ccc(Cl)c(S(=O)(=O)NC(C)(C)C)c2)c1. The van der Waals surface area contributed by atoms with Gasteiger partial charge in [-0.05, 0) is 63.1 Å². The number of hydrogen-bond donors (Lipinski definition) is 2. The Balaban J connectivity index is 2.32. The summed E-state index contributed by atoms with van der Waals surface area (Å²) in [6.45, 7) is 7.22. The topological polar surface area (TPSA) is 75.3 Å². The fourth-order valence-corrected chi connectivity index (χ4v) is 4.33. The molecule has 0 heterocycles. The lowest BCUT2D eigenvalue weighted by Crippen LogP contribution is -2.40. The zero-order valence-corrected chi connectivity index (χ0v) is 16.8. The maximum Gasteiger partial charge on any atom is 0.255 e. The van der Waals surface area contributed by atoms with Crippen molar-refractivity contribution in [2.24, 2.45) is 0 Å². The van der Waals surface area contributed by atoms with Gasteiger partial charge in [0.2, 0.25) is 10.0 Å². The van der Waals surface area contributed by atoms with E-state index in [1.165, 1.54) is 18.2 Å². The molecule has 0 radical (unpaired) electrons. The van der Waals surface area contributed by atoms with Crippen LogP contribution >= 0.6 is 11.6 Å². The van der Waals surface area contributed by atoms with Crippen molar-refractivity contribution in [2.75, 3.05) is 5.32 Å². The summed E-state index contributed by atoms with van der Waals surface area (Å²) in [4.78, 5) is 12.4. The predicted molar refractivity (Wildman–Crippen MR) is 105 cm³/mol. The highest BCUT2D eigenvalue weighted by Gasteiger charge is 2.25. The molecule has 0 saturated carbocycles. The Hall–Kier alpha value is -1.89. The molecule has 2 aromatic carbocycles. The quantitative estimate of drug-likeness (QED) is 0.796. The van der Waals surface area contributed by atoms with Crippen molar-refractivity contribution >= 4 is 33.2 Å². The van der Waals surface area contributed by atoms with Crippen molar-refractivity contribution in [1.29, 1.82) is 0 Å². The van der Waals surface area contributed by atoms with Crippen LogP contribution in [-0.4, -0.2) is 19.9 Å². The molecule has 0 aromatic heterocycles. The van der Waals surface area contributed by atoms with E-state index in [9.17, 15) is 13.2 Å². The van der Waals surface area contributed by atoms with Crippen molar-refractivity contribution in [2.45, 2.75) is 44.6 Å². The van der Waals surface area contributed by atoms with Gasteiger partial charge in [0.25, 0.3) is 5.91 Å². The number of hydrogen-bond acceptors (Lipinski definition) is 3. The summed E-state index contributed by atoms with van der Waals surface area (Å²) >= 11 is 6.06. The summed E-state index contributed by atoms with van der Waals surface area (Å²) in [5, 5.41) is 2.84. The van der Waals surface area contributed by atoms with Crippen LogP contribution in [0.4, 0.5) is 5.69 Å². The smallest absolute Gasteiger partial charge is 0.255 e. The number of carbonyl (C=O) groups is 1. The third-order valence-corrected chi connectivity index (χ3v) is 5.76. The van der Waals surface area contributed by atoms with Crippen molar-refractivity contribution in [3.8, 4) is 0 Å². The largest absolute Gasteiger partial charge is 0.322 e. The molecule has 0 saturated heterocycles. The van der Waals surface area contributed by atoms with E-state index >= 15 is 0 Å². The van der Waals surface area contributed by atoms with Gasteiger partial charge in [0.1, 0.15) is 4.90 Å². The Labute approximate surface area is 159 Å². The van der Waals surface area contributed by atoms with E-state index in [1.54, 1.807) is 26.8 Å². The Bertz CT molecular complexity index is 919. The molecule has 2 aromatic rings.